The molecule has 0 aliphatic heterocycles. The largest absolute Gasteiger partial charge is 0.504 e. The number of ether oxygens (including phenoxy) is 1. The second-order valence-corrected chi connectivity index (χ2v) is 4.07. The highest BCUT2D eigenvalue weighted by atomic mass is 127. The zero-order valence-electron chi connectivity index (χ0n) is 9.01. The minimum atomic E-state index is 0.156. The normalized spacial score (nSPS) is 10.3. The van der Waals surface area contributed by atoms with Crippen molar-refractivity contribution in [2.24, 2.45) is 0 Å². The smallest absolute Gasteiger partial charge is 0.185 e. The van der Waals surface area contributed by atoms with Gasteiger partial charge >= 0.3 is 0 Å². The van der Waals surface area contributed by atoms with Gasteiger partial charge in [0.15, 0.2) is 11.5 Å². The molecule has 0 heterocycles. The Balaban J connectivity index is 3.22. The Bertz CT molecular complexity index is 353. The van der Waals surface area contributed by atoms with E-state index in [0.29, 0.717) is 16.1 Å². The molecular weight excluding hydrogens is 305 g/mol. The quantitative estimate of drug-likeness (QED) is 0.509. The molecule has 1 rings (SSSR count). The number of anilines is 1. The van der Waals surface area contributed by atoms with Crippen LogP contribution >= 0.6 is 22.6 Å². The van der Waals surface area contributed by atoms with Gasteiger partial charge in [0.2, 0.25) is 0 Å². The molecular formula is C11H16INO2. The number of nitrogens with two attached hydrogens (primary N) is 1. The highest BCUT2D eigenvalue weighted by molar-refractivity contribution is 14.1. The Hall–Kier alpha value is -0.650. The van der Waals surface area contributed by atoms with Gasteiger partial charge in [-0.1, -0.05) is 19.4 Å². The van der Waals surface area contributed by atoms with Crippen LogP contribution in [0.15, 0.2) is 6.07 Å². The number of halogens is 1. The Morgan fingerprint density at radius 2 is 2.20 bits per heavy atom. The fraction of sp³-hybridized carbons (Fsp3) is 0.455. The molecule has 4 heteroatoms. The second kappa shape index (κ2) is 5.44. The molecule has 1 aromatic rings. The topological polar surface area (TPSA) is 55.5 Å². The molecule has 0 fully saturated rings. The summed E-state index contributed by atoms with van der Waals surface area (Å²) in [6, 6.07) is 1.92. The van der Waals surface area contributed by atoms with Crippen molar-refractivity contribution in [1.29, 1.82) is 0 Å². The van der Waals surface area contributed by atoms with Gasteiger partial charge in [-0.2, -0.15) is 0 Å². The molecule has 0 aliphatic carbocycles. The van der Waals surface area contributed by atoms with Crippen molar-refractivity contribution in [2.45, 2.75) is 26.7 Å². The predicted molar refractivity (Wildman–Crippen MR) is 70.8 cm³/mol. The first-order chi connectivity index (χ1) is 7.11. The summed E-state index contributed by atoms with van der Waals surface area (Å²) in [4.78, 5) is 0. The molecule has 0 radical (unpaired) electrons. The molecule has 0 aromatic heterocycles. The van der Waals surface area contributed by atoms with E-state index in [-0.39, 0.29) is 5.75 Å². The van der Waals surface area contributed by atoms with Crippen molar-refractivity contribution >= 4 is 28.3 Å². The lowest BCUT2D eigenvalue weighted by Crippen LogP contribution is -2.01. The molecule has 0 spiro atoms. The average Bonchev–Trinajstić information content (AvgIpc) is 2.21. The van der Waals surface area contributed by atoms with Crippen LogP contribution in [0.4, 0.5) is 5.69 Å². The maximum absolute atomic E-state index is 9.79. The van der Waals surface area contributed by atoms with E-state index in [1.807, 2.05) is 13.0 Å². The summed E-state index contributed by atoms with van der Waals surface area (Å²) in [6.45, 7) is 3.95. The number of alkyl halides is 1. The number of hydrogen-bond donors (Lipinski definition) is 2. The standard InChI is InChI=1S/C11H16INO2/c1-3-4-8-5-7(2)10(14)11(9(8)13)15-6-12/h5,14H,3-4,6,13H2,1-2H3. The first kappa shape index (κ1) is 12.4. The number of aromatic hydroxyl groups is 1. The summed E-state index contributed by atoms with van der Waals surface area (Å²) >= 11 is 2.08. The van der Waals surface area contributed by atoms with E-state index >= 15 is 0 Å². The number of rotatable bonds is 4. The second-order valence-electron chi connectivity index (χ2n) is 3.45. The zero-order valence-corrected chi connectivity index (χ0v) is 11.2. The predicted octanol–water partition coefficient (Wildman–Crippen LogP) is 3.01. The molecule has 0 saturated heterocycles. The van der Waals surface area contributed by atoms with Gasteiger partial charge in [-0.05, 0) is 47.1 Å². The first-order valence-corrected chi connectivity index (χ1v) is 6.44. The lowest BCUT2D eigenvalue weighted by molar-refractivity contribution is 0.366. The van der Waals surface area contributed by atoms with Gasteiger partial charge < -0.3 is 15.6 Å². The Morgan fingerprint density at radius 1 is 1.53 bits per heavy atom. The third kappa shape index (κ3) is 2.68. The van der Waals surface area contributed by atoms with Crippen molar-refractivity contribution in [3.63, 3.8) is 0 Å². The van der Waals surface area contributed by atoms with Crippen LogP contribution in [0.1, 0.15) is 24.5 Å². The molecule has 0 atom stereocenters. The van der Waals surface area contributed by atoms with Crippen LogP contribution in [0.25, 0.3) is 0 Å². The molecule has 15 heavy (non-hydrogen) atoms. The third-order valence-electron chi connectivity index (χ3n) is 2.29. The lowest BCUT2D eigenvalue weighted by atomic mass is 10.0. The molecule has 0 unspecified atom stereocenters. The van der Waals surface area contributed by atoms with E-state index < -0.39 is 0 Å². The van der Waals surface area contributed by atoms with E-state index in [9.17, 15) is 5.11 Å². The molecule has 3 N–H and O–H groups in total. The van der Waals surface area contributed by atoms with Crippen LogP contribution in [0.3, 0.4) is 0 Å². The Labute approximate surface area is 104 Å². The number of phenolic OH excluding ortho intramolecular Hbond substituents is 1. The molecule has 1 aromatic carbocycles. The van der Waals surface area contributed by atoms with Crippen molar-refractivity contribution in [1.82, 2.24) is 0 Å². The summed E-state index contributed by atoms with van der Waals surface area (Å²) in [5, 5.41) is 9.79. The SMILES string of the molecule is CCCc1cc(C)c(O)c(OCI)c1N. The van der Waals surface area contributed by atoms with Crippen molar-refractivity contribution in [3.05, 3.63) is 17.2 Å². The number of aryl methyl sites for hydroxylation is 2. The summed E-state index contributed by atoms with van der Waals surface area (Å²) in [5.74, 6) is 0.580. The van der Waals surface area contributed by atoms with Gasteiger partial charge in [0.05, 0.1) is 5.69 Å². The summed E-state index contributed by atoms with van der Waals surface area (Å²) < 4.78 is 5.82. The van der Waals surface area contributed by atoms with Gasteiger partial charge in [0, 0.05) is 0 Å². The number of benzene rings is 1. The van der Waals surface area contributed by atoms with Gasteiger partial charge in [0.25, 0.3) is 0 Å². The van der Waals surface area contributed by atoms with E-state index in [2.05, 4.69) is 29.5 Å². The van der Waals surface area contributed by atoms with E-state index in [4.69, 9.17) is 10.5 Å². The van der Waals surface area contributed by atoms with Gasteiger partial charge in [0.1, 0.15) is 4.61 Å². The maximum Gasteiger partial charge on any atom is 0.185 e. The minimum Gasteiger partial charge on any atom is -0.504 e. The van der Waals surface area contributed by atoms with E-state index in [1.165, 1.54) is 0 Å². The molecule has 0 bridgehead atoms. The fourth-order valence-corrected chi connectivity index (χ4v) is 1.85. The summed E-state index contributed by atoms with van der Waals surface area (Å²) in [5.41, 5.74) is 8.36. The van der Waals surface area contributed by atoms with E-state index in [0.717, 1.165) is 24.0 Å². The molecule has 0 aliphatic rings. The van der Waals surface area contributed by atoms with Gasteiger partial charge in [-0.25, -0.2) is 0 Å². The van der Waals surface area contributed by atoms with Crippen LogP contribution in [0, 0.1) is 6.92 Å². The molecule has 3 nitrogen and oxygen atoms in total. The summed E-state index contributed by atoms with van der Waals surface area (Å²) in [7, 11) is 0. The third-order valence-corrected chi connectivity index (χ3v) is 2.60. The highest BCUT2D eigenvalue weighted by Gasteiger charge is 2.14. The Kier molecular flexibility index (Phi) is 4.50. The Morgan fingerprint density at radius 3 is 2.73 bits per heavy atom. The van der Waals surface area contributed by atoms with Crippen LogP contribution in [-0.4, -0.2) is 9.72 Å². The van der Waals surface area contributed by atoms with Crippen molar-refractivity contribution in [3.8, 4) is 11.5 Å². The van der Waals surface area contributed by atoms with Crippen molar-refractivity contribution < 1.29 is 9.84 Å². The fourth-order valence-electron chi connectivity index (χ4n) is 1.54. The van der Waals surface area contributed by atoms with Gasteiger partial charge in [-0.3, -0.25) is 0 Å². The first-order valence-electron chi connectivity index (χ1n) is 4.91. The molecule has 0 amide bonds. The zero-order chi connectivity index (χ0) is 11.4. The summed E-state index contributed by atoms with van der Waals surface area (Å²) in [6.07, 6.45) is 1.93. The molecule has 84 valence electrons. The van der Waals surface area contributed by atoms with E-state index in [1.54, 1.807) is 0 Å². The average molecular weight is 321 g/mol. The van der Waals surface area contributed by atoms with Crippen LogP contribution in [-0.2, 0) is 6.42 Å². The van der Waals surface area contributed by atoms with Crippen LogP contribution in [0.5, 0.6) is 11.5 Å². The number of nitrogen functional groups attached to an aromatic ring is 1. The maximum atomic E-state index is 9.79. The number of phenols is 1. The van der Waals surface area contributed by atoms with Gasteiger partial charge in [-0.15, -0.1) is 0 Å². The highest BCUT2D eigenvalue weighted by Crippen LogP contribution is 2.38. The molecule has 0 saturated carbocycles. The van der Waals surface area contributed by atoms with Crippen LogP contribution in [0.2, 0.25) is 0 Å². The monoisotopic (exact) mass is 321 g/mol. The lowest BCUT2D eigenvalue weighted by Gasteiger charge is -2.14. The number of hydrogen-bond acceptors (Lipinski definition) is 3. The van der Waals surface area contributed by atoms with Crippen molar-refractivity contribution in [2.75, 3.05) is 10.3 Å². The minimum absolute atomic E-state index is 0.156. The van der Waals surface area contributed by atoms with Crippen LogP contribution < -0.4 is 10.5 Å².